The quantitative estimate of drug-likeness (QED) is 0.730. The van der Waals surface area contributed by atoms with E-state index in [1.165, 1.54) is 25.2 Å². The van der Waals surface area contributed by atoms with Crippen LogP contribution in [-0.4, -0.2) is 28.8 Å². The van der Waals surface area contributed by atoms with Gasteiger partial charge in [0.25, 0.3) is 0 Å². The lowest BCUT2D eigenvalue weighted by molar-refractivity contribution is -0.161. The van der Waals surface area contributed by atoms with E-state index in [-0.39, 0.29) is 18.8 Å². The maximum atomic E-state index is 11.6. The first kappa shape index (κ1) is 13.3. The van der Waals surface area contributed by atoms with Gasteiger partial charge in [0, 0.05) is 0 Å². The van der Waals surface area contributed by atoms with E-state index in [0.29, 0.717) is 0 Å². The highest BCUT2D eigenvalue weighted by Crippen LogP contribution is 2.38. The van der Waals surface area contributed by atoms with E-state index in [1.54, 1.807) is 6.92 Å². The summed E-state index contributed by atoms with van der Waals surface area (Å²) in [6.45, 7) is 3.40. The van der Waals surface area contributed by atoms with Crippen LogP contribution in [0.2, 0.25) is 0 Å². The third-order valence-corrected chi connectivity index (χ3v) is 3.01. The zero-order valence-corrected chi connectivity index (χ0v) is 9.84. The molecule has 0 spiro atoms. The van der Waals surface area contributed by atoms with Crippen molar-refractivity contribution in [3.05, 3.63) is 24.0 Å². The average Bonchev–Trinajstić information content (AvgIpc) is 2.29. The summed E-state index contributed by atoms with van der Waals surface area (Å²) < 4.78 is 4.84. The number of allylic oxidation sites excluding steroid dienone is 2. The molecule has 0 amide bonds. The average molecular weight is 240 g/mol. The molecule has 2 unspecified atom stereocenters. The van der Waals surface area contributed by atoms with Crippen LogP contribution in [0.1, 0.15) is 20.3 Å². The second kappa shape index (κ2) is 5.03. The van der Waals surface area contributed by atoms with Crippen molar-refractivity contribution >= 4 is 11.9 Å². The number of carbonyl (C=O) groups is 2. The van der Waals surface area contributed by atoms with Crippen LogP contribution in [0.25, 0.3) is 0 Å². The fraction of sp³-hybridized carbons (Fsp3) is 0.500. The molecule has 0 bridgehead atoms. The molecule has 0 saturated carbocycles. The largest absolute Gasteiger partial charge is 0.508 e. The van der Waals surface area contributed by atoms with Crippen LogP contribution >= 0.6 is 0 Å². The first-order valence-electron chi connectivity index (χ1n) is 5.42. The van der Waals surface area contributed by atoms with E-state index in [2.05, 4.69) is 0 Å². The number of carboxylic acids is 1. The molecule has 5 heteroatoms. The number of aliphatic carboxylic acids is 1. The van der Waals surface area contributed by atoms with Gasteiger partial charge in [0.1, 0.15) is 11.2 Å². The minimum atomic E-state index is -1.33. The Hall–Kier alpha value is -1.78. The number of aliphatic hydroxyl groups excluding tert-OH is 1. The predicted octanol–water partition coefficient (Wildman–Crippen LogP) is 1.66. The Bertz CT molecular complexity index is 382. The molecule has 1 aliphatic rings. The highest BCUT2D eigenvalue weighted by Gasteiger charge is 2.46. The summed E-state index contributed by atoms with van der Waals surface area (Å²) in [5.41, 5.74) is -1.33. The summed E-state index contributed by atoms with van der Waals surface area (Å²) in [5.74, 6) is -2.44. The molecule has 17 heavy (non-hydrogen) atoms. The van der Waals surface area contributed by atoms with Gasteiger partial charge in [-0.2, -0.15) is 0 Å². The first-order valence-corrected chi connectivity index (χ1v) is 5.42. The third kappa shape index (κ3) is 2.49. The van der Waals surface area contributed by atoms with Crippen molar-refractivity contribution in [1.82, 2.24) is 0 Å². The molecule has 2 atom stereocenters. The molecule has 0 aromatic heterocycles. The number of carbonyl (C=O) groups excluding carboxylic acids is 1. The molecule has 0 aliphatic heterocycles. The van der Waals surface area contributed by atoms with Gasteiger partial charge in [-0.25, -0.2) is 0 Å². The molecular weight excluding hydrogens is 224 g/mol. The molecule has 0 aromatic rings. The summed E-state index contributed by atoms with van der Waals surface area (Å²) in [5, 5.41) is 18.5. The zero-order valence-electron chi connectivity index (χ0n) is 9.84. The second-order valence-corrected chi connectivity index (χ2v) is 3.99. The van der Waals surface area contributed by atoms with Crippen molar-refractivity contribution < 1.29 is 24.5 Å². The van der Waals surface area contributed by atoms with Gasteiger partial charge in [0.05, 0.1) is 12.5 Å². The number of carboxylic acid groups (broad SMARTS) is 1. The van der Waals surface area contributed by atoms with Crippen LogP contribution in [0.5, 0.6) is 0 Å². The Balaban J connectivity index is 2.99. The third-order valence-electron chi connectivity index (χ3n) is 3.01. The van der Waals surface area contributed by atoms with E-state index in [0.717, 1.165) is 0 Å². The van der Waals surface area contributed by atoms with Crippen molar-refractivity contribution in [1.29, 1.82) is 0 Å². The standard InChI is InChI=1S/C12H16O5/c1-3-17-10(14)8(2)12(11(15)16)6-4-9(13)5-7-12/h4-6,8,13H,3,7H2,1-2H3,(H,15,16). The van der Waals surface area contributed by atoms with Gasteiger partial charge in [0.2, 0.25) is 0 Å². The van der Waals surface area contributed by atoms with Gasteiger partial charge in [-0.15, -0.1) is 0 Å². The van der Waals surface area contributed by atoms with Gasteiger partial charge in [0.15, 0.2) is 0 Å². The summed E-state index contributed by atoms with van der Waals surface area (Å²) in [6, 6.07) is 0. The lowest BCUT2D eigenvalue weighted by Crippen LogP contribution is -2.41. The Morgan fingerprint density at radius 1 is 1.59 bits per heavy atom. The van der Waals surface area contributed by atoms with E-state index in [4.69, 9.17) is 4.74 Å². The smallest absolute Gasteiger partial charge is 0.314 e. The molecule has 2 N–H and O–H groups in total. The normalized spacial score (nSPS) is 24.9. The first-order chi connectivity index (χ1) is 7.94. The topological polar surface area (TPSA) is 83.8 Å². The van der Waals surface area contributed by atoms with Crippen molar-refractivity contribution in [2.45, 2.75) is 20.3 Å². The molecule has 0 saturated heterocycles. The molecule has 0 fully saturated rings. The van der Waals surface area contributed by atoms with Crippen LogP contribution in [0.3, 0.4) is 0 Å². The molecule has 1 rings (SSSR count). The number of esters is 1. The van der Waals surface area contributed by atoms with Crippen molar-refractivity contribution in [2.24, 2.45) is 11.3 Å². The van der Waals surface area contributed by atoms with E-state index in [9.17, 15) is 19.8 Å². The van der Waals surface area contributed by atoms with Crippen LogP contribution in [0.15, 0.2) is 24.0 Å². The monoisotopic (exact) mass is 240 g/mol. The molecule has 0 aromatic carbocycles. The zero-order chi connectivity index (χ0) is 13.1. The van der Waals surface area contributed by atoms with Crippen LogP contribution in [-0.2, 0) is 14.3 Å². The number of hydrogen-bond acceptors (Lipinski definition) is 4. The highest BCUT2D eigenvalue weighted by molar-refractivity contribution is 5.86. The Kier molecular flexibility index (Phi) is 3.93. The predicted molar refractivity (Wildman–Crippen MR) is 60.3 cm³/mol. The summed E-state index contributed by atoms with van der Waals surface area (Å²) in [7, 11) is 0. The summed E-state index contributed by atoms with van der Waals surface area (Å²) in [6.07, 6.45) is 4.12. The van der Waals surface area contributed by atoms with Crippen LogP contribution in [0.4, 0.5) is 0 Å². The molecular formula is C12H16O5. The minimum absolute atomic E-state index is 0.0120. The number of aliphatic hydroxyl groups is 1. The lowest BCUT2D eigenvalue weighted by Gasteiger charge is -2.31. The Labute approximate surface area is 99.4 Å². The van der Waals surface area contributed by atoms with Gasteiger partial charge in [-0.05, 0) is 25.5 Å². The molecule has 0 radical (unpaired) electrons. The second-order valence-electron chi connectivity index (χ2n) is 3.99. The van der Waals surface area contributed by atoms with E-state index in [1.807, 2.05) is 0 Å². The van der Waals surface area contributed by atoms with Gasteiger partial charge < -0.3 is 14.9 Å². The maximum absolute atomic E-state index is 11.6. The van der Waals surface area contributed by atoms with Crippen molar-refractivity contribution in [2.75, 3.05) is 6.61 Å². The Morgan fingerprint density at radius 2 is 2.24 bits per heavy atom. The number of rotatable bonds is 4. The van der Waals surface area contributed by atoms with E-state index < -0.39 is 23.3 Å². The van der Waals surface area contributed by atoms with Gasteiger partial charge in [-0.1, -0.05) is 13.0 Å². The van der Waals surface area contributed by atoms with Crippen LogP contribution in [0, 0.1) is 11.3 Å². The minimum Gasteiger partial charge on any atom is -0.508 e. The number of ether oxygens (including phenoxy) is 1. The highest BCUT2D eigenvalue weighted by atomic mass is 16.5. The maximum Gasteiger partial charge on any atom is 0.314 e. The SMILES string of the molecule is CCOC(=O)C(C)C1(C(=O)O)C=CC(O)=CC1. The summed E-state index contributed by atoms with van der Waals surface area (Å²) >= 11 is 0. The number of hydrogen-bond donors (Lipinski definition) is 2. The van der Waals surface area contributed by atoms with Crippen molar-refractivity contribution in [3.63, 3.8) is 0 Å². The van der Waals surface area contributed by atoms with Crippen molar-refractivity contribution in [3.8, 4) is 0 Å². The summed E-state index contributed by atoms with van der Waals surface area (Å²) in [4.78, 5) is 23.0. The van der Waals surface area contributed by atoms with Crippen LogP contribution < -0.4 is 0 Å². The fourth-order valence-electron chi connectivity index (χ4n) is 1.79. The van der Waals surface area contributed by atoms with Gasteiger partial charge in [-0.3, -0.25) is 9.59 Å². The Morgan fingerprint density at radius 3 is 2.65 bits per heavy atom. The lowest BCUT2D eigenvalue weighted by atomic mass is 9.71. The fourth-order valence-corrected chi connectivity index (χ4v) is 1.79. The molecule has 1 aliphatic carbocycles. The molecule has 94 valence electrons. The molecule has 5 nitrogen and oxygen atoms in total. The van der Waals surface area contributed by atoms with Gasteiger partial charge >= 0.3 is 11.9 Å². The van der Waals surface area contributed by atoms with E-state index >= 15 is 0 Å². The molecule has 0 heterocycles.